The Morgan fingerprint density at radius 1 is 1.20 bits per heavy atom. The molecule has 0 aromatic heterocycles. The fourth-order valence-corrected chi connectivity index (χ4v) is 2.71. The molecule has 1 aliphatic rings. The van der Waals surface area contributed by atoms with Crippen molar-refractivity contribution in [3.05, 3.63) is 29.8 Å². The molecule has 2 unspecified atom stereocenters. The molecule has 112 valence electrons. The van der Waals surface area contributed by atoms with Crippen LogP contribution in [0.5, 0.6) is 5.75 Å². The maximum absolute atomic E-state index is 9.94. The largest absolute Gasteiger partial charge is 0.493 e. The molecule has 4 heteroatoms. The van der Waals surface area contributed by atoms with Crippen LogP contribution in [0.2, 0.25) is 0 Å². The monoisotopic (exact) mass is 279 g/mol. The lowest BCUT2D eigenvalue weighted by Gasteiger charge is -2.22. The van der Waals surface area contributed by atoms with Crippen LogP contribution in [-0.4, -0.2) is 29.5 Å². The molecule has 0 bridgehead atoms. The lowest BCUT2D eigenvalue weighted by molar-refractivity contribution is 0.0242. The van der Waals surface area contributed by atoms with Gasteiger partial charge < -0.3 is 20.7 Å². The summed E-state index contributed by atoms with van der Waals surface area (Å²) in [6.07, 6.45) is 4.53. The fraction of sp³-hybridized carbons (Fsp3) is 0.625. The molecule has 2 atom stereocenters. The number of nitrogens with two attached hydrogens (primary N) is 1. The maximum atomic E-state index is 9.94. The van der Waals surface area contributed by atoms with Gasteiger partial charge in [-0.2, -0.15) is 0 Å². The molecule has 0 saturated heterocycles. The maximum Gasteiger partial charge on any atom is 0.119 e. The van der Waals surface area contributed by atoms with Crippen LogP contribution in [0, 0.1) is 5.92 Å². The number of ether oxygens (including phenoxy) is 1. The van der Waals surface area contributed by atoms with E-state index in [0.29, 0.717) is 11.5 Å². The number of benzene rings is 1. The highest BCUT2D eigenvalue weighted by Gasteiger charge is 2.18. The molecule has 0 amide bonds. The van der Waals surface area contributed by atoms with E-state index in [0.717, 1.165) is 12.4 Å². The van der Waals surface area contributed by atoms with Gasteiger partial charge >= 0.3 is 0 Å². The summed E-state index contributed by atoms with van der Waals surface area (Å²) in [5.41, 5.74) is 6.01. The smallest absolute Gasteiger partial charge is 0.119 e. The lowest BCUT2D eigenvalue weighted by Crippen LogP contribution is -2.27. The standard InChI is InChI=1S/C16H25NO3/c17-10-15(18)16(19)13-7-4-8-14(9-13)20-11-12-5-2-1-3-6-12/h4,7-9,12,15-16,18-19H,1-3,5-6,10-11,17H2. The summed E-state index contributed by atoms with van der Waals surface area (Å²) in [5.74, 6) is 1.39. The molecule has 4 nitrogen and oxygen atoms in total. The molecule has 1 aromatic carbocycles. The zero-order chi connectivity index (χ0) is 14.4. The summed E-state index contributed by atoms with van der Waals surface area (Å²) in [6, 6.07) is 7.27. The third-order valence-corrected chi connectivity index (χ3v) is 4.02. The first-order valence-electron chi connectivity index (χ1n) is 7.49. The molecule has 0 aliphatic heterocycles. The van der Waals surface area contributed by atoms with Gasteiger partial charge in [-0.3, -0.25) is 0 Å². The third kappa shape index (κ3) is 4.20. The van der Waals surface area contributed by atoms with Gasteiger partial charge in [-0.1, -0.05) is 31.4 Å². The van der Waals surface area contributed by atoms with E-state index < -0.39 is 12.2 Å². The highest BCUT2D eigenvalue weighted by atomic mass is 16.5. The van der Waals surface area contributed by atoms with Gasteiger partial charge in [0.2, 0.25) is 0 Å². The Bertz CT molecular complexity index is 404. The zero-order valence-electron chi connectivity index (χ0n) is 11.9. The van der Waals surface area contributed by atoms with Gasteiger partial charge in [0.15, 0.2) is 0 Å². The average molecular weight is 279 g/mol. The zero-order valence-corrected chi connectivity index (χ0v) is 11.9. The van der Waals surface area contributed by atoms with Gasteiger partial charge in [0, 0.05) is 6.54 Å². The molecule has 0 heterocycles. The highest BCUT2D eigenvalue weighted by Crippen LogP contribution is 2.26. The minimum Gasteiger partial charge on any atom is -0.493 e. The normalized spacial score (nSPS) is 19.6. The van der Waals surface area contributed by atoms with Gasteiger partial charge in [0.25, 0.3) is 0 Å². The van der Waals surface area contributed by atoms with Gasteiger partial charge in [-0.15, -0.1) is 0 Å². The van der Waals surface area contributed by atoms with Crippen LogP contribution in [0.15, 0.2) is 24.3 Å². The molecule has 2 rings (SSSR count). The number of hydrogen-bond acceptors (Lipinski definition) is 4. The Balaban J connectivity index is 1.91. The number of aliphatic hydroxyl groups excluding tert-OH is 2. The minimum atomic E-state index is -0.960. The number of rotatable bonds is 6. The van der Waals surface area contributed by atoms with E-state index in [2.05, 4.69) is 0 Å². The Morgan fingerprint density at radius 3 is 2.65 bits per heavy atom. The second kappa shape index (κ2) is 7.62. The second-order valence-corrected chi connectivity index (χ2v) is 5.64. The van der Waals surface area contributed by atoms with E-state index in [1.807, 2.05) is 12.1 Å². The number of aliphatic hydroxyl groups is 2. The Hall–Kier alpha value is -1.10. The van der Waals surface area contributed by atoms with Crippen LogP contribution in [-0.2, 0) is 0 Å². The number of hydrogen-bond donors (Lipinski definition) is 3. The van der Waals surface area contributed by atoms with E-state index in [-0.39, 0.29) is 6.54 Å². The summed E-state index contributed by atoms with van der Waals surface area (Å²) < 4.78 is 5.83. The summed E-state index contributed by atoms with van der Waals surface area (Å²) in [5, 5.41) is 19.5. The topological polar surface area (TPSA) is 75.7 Å². The molecule has 1 saturated carbocycles. The molecule has 1 aromatic rings. The third-order valence-electron chi connectivity index (χ3n) is 4.02. The van der Waals surface area contributed by atoms with Crippen molar-refractivity contribution in [2.24, 2.45) is 11.7 Å². The van der Waals surface area contributed by atoms with E-state index >= 15 is 0 Å². The SMILES string of the molecule is NCC(O)C(O)c1cccc(OCC2CCCCC2)c1. The van der Waals surface area contributed by atoms with Crippen LogP contribution in [0.3, 0.4) is 0 Å². The Kier molecular flexibility index (Phi) is 5.83. The molecule has 0 radical (unpaired) electrons. The molecule has 4 N–H and O–H groups in total. The van der Waals surface area contributed by atoms with Gasteiger partial charge in [0.1, 0.15) is 11.9 Å². The summed E-state index contributed by atoms with van der Waals surface area (Å²) >= 11 is 0. The summed E-state index contributed by atoms with van der Waals surface area (Å²) in [7, 11) is 0. The van der Waals surface area contributed by atoms with Crippen molar-refractivity contribution >= 4 is 0 Å². The van der Waals surface area contributed by atoms with Gasteiger partial charge in [-0.05, 0) is 36.5 Å². The van der Waals surface area contributed by atoms with Crippen molar-refractivity contribution in [3.8, 4) is 5.75 Å². The predicted molar refractivity (Wildman–Crippen MR) is 78.5 cm³/mol. The van der Waals surface area contributed by atoms with Crippen LogP contribution >= 0.6 is 0 Å². The van der Waals surface area contributed by atoms with Crippen molar-refractivity contribution in [1.29, 1.82) is 0 Å². The van der Waals surface area contributed by atoms with Crippen molar-refractivity contribution in [3.63, 3.8) is 0 Å². The van der Waals surface area contributed by atoms with E-state index in [9.17, 15) is 10.2 Å². The van der Waals surface area contributed by atoms with E-state index in [1.165, 1.54) is 32.1 Å². The molecule has 20 heavy (non-hydrogen) atoms. The van der Waals surface area contributed by atoms with Crippen molar-refractivity contribution in [2.75, 3.05) is 13.2 Å². The Labute approximate surface area is 120 Å². The first-order valence-corrected chi connectivity index (χ1v) is 7.49. The van der Waals surface area contributed by atoms with Crippen molar-refractivity contribution in [2.45, 2.75) is 44.3 Å². The molecular weight excluding hydrogens is 254 g/mol. The average Bonchev–Trinajstić information content (AvgIpc) is 2.52. The quantitative estimate of drug-likeness (QED) is 0.744. The van der Waals surface area contributed by atoms with E-state index in [4.69, 9.17) is 10.5 Å². The first-order chi connectivity index (χ1) is 9.70. The van der Waals surface area contributed by atoms with Gasteiger partial charge in [0.05, 0.1) is 12.7 Å². The van der Waals surface area contributed by atoms with Crippen LogP contribution < -0.4 is 10.5 Å². The fourth-order valence-electron chi connectivity index (χ4n) is 2.71. The van der Waals surface area contributed by atoms with Crippen molar-refractivity contribution < 1.29 is 14.9 Å². The molecular formula is C16H25NO3. The summed E-state index contributed by atoms with van der Waals surface area (Å²) in [4.78, 5) is 0. The van der Waals surface area contributed by atoms with Crippen LogP contribution in [0.1, 0.15) is 43.8 Å². The Morgan fingerprint density at radius 2 is 1.95 bits per heavy atom. The van der Waals surface area contributed by atoms with Crippen LogP contribution in [0.25, 0.3) is 0 Å². The first kappa shape index (κ1) is 15.3. The molecule has 0 spiro atoms. The minimum absolute atomic E-state index is 0.0360. The predicted octanol–water partition coefficient (Wildman–Crippen LogP) is 2.00. The lowest BCUT2D eigenvalue weighted by atomic mass is 9.90. The van der Waals surface area contributed by atoms with E-state index in [1.54, 1.807) is 12.1 Å². The van der Waals surface area contributed by atoms with Gasteiger partial charge in [-0.25, -0.2) is 0 Å². The molecule has 1 fully saturated rings. The highest BCUT2D eigenvalue weighted by molar-refractivity contribution is 5.30. The second-order valence-electron chi connectivity index (χ2n) is 5.64. The summed E-state index contributed by atoms with van der Waals surface area (Å²) in [6.45, 7) is 0.771. The molecule has 1 aliphatic carbocycles. The van der Waals surface area contributed by atoms with Crippen LogP contribution in [0.4, 0.5) is 0 Å². The van der Waals surface area contributed by atoms with Crippen molar-refractivity contribution in [1.82, 2.24) is 0 Å².